The van der Waals surface area contributed by atoms with Crippen molar-refractivity contribution < 1.29 is 33.0 Å². The summed E-state index contributed by atoms with van der Waals surface area (Å²) in [5.74, 6) is -1.39. The molecule has 2 unspecified atom stereocenters. The highest BCUT2D eigenvalue weighted by atomic mass is 35.5. The Morgan fingerprint density at radius 2 is 1.88 bits per heavy atom. The van der Waals surface area contributed by atoms with Crippen molar-refractivity contribution in [3.63, 3.8) is 0 Å². The van der Waals surface area contributed by atoms with Crippen LogP contribution in [0.25, 0.3) is 0 Å². The van der Waals surface area contributed by atoms with Crippen LogP contribution in [0.1, 0.15) is 38.3 Å². The van der Waals surface area contributed by atoms with E-state index in [1.807, 2.05) is 15.9 Å². The number of halogens is 3. The van der Waals surface area contributed by atoms with Gasteiger partial charge in [-0.3, -0.25) is 24.2 Å². The van der Waals surface area contributed by atoms with Crippen molar-refractivity contribution in [1.29, 1.82) is 0 Å². The lowest BCUT2D eigenvalue weighted by atomic mass is 9.97. The molecule has 1 amide bonds. The molecule has 2 heterocycles. The molecule has 0 bridgehead atoms. The first-order valence-corrected chi connectivity index (χ1v) is 13.7. The van der Waals surface area contributed by atoms with Gasteiger partial charge in [0, 0.05) is 57.0 Å². The summed E-state index contributed by atoms with van der Waals surface area (Å²) in [6.07, 6.45) is 2.80. The molecule has 9 nitrogen and oxygen atoms in total. The van der Waals surface area contributed by atoms with Crippen molar-refractivity contribution in [2.24, 2.45) is 0 Å². The van der Waals surface area contributed by atoms with Gasteiger partial charge in [-0.2, -0.15) is 0 Å². The fourth-order valence-electron chi connectivity index (χ4n) is 4.77. The summed E-state index contributed by atoms with van der Waals surface area (Å²) in [4.78, 5) is 54.5. The molecule has 2 atom stereocenters. The molecule has 1 aromatic carbocycles. The van der Waals surface area contributed by atoms with Gasteiger partial charge < -0.3 is 14.4 Å². The van der Waals surface area contributed by atoms with E-state index in [1.165, 1.54) is 31.9 Å². The first kappa shape index (κ1) is 35.8. The Hall–Kier alpha value is -2.18. The molecule has 2 aliphatic rings. The number of piperazine rings is 1. The fraction of sp³-hybridized carbons (Fsp3) is 0.556. The normalized spacial score (nSPS) is 19.8. The number of esters is 2. The second kappa shape index (κ2) is 17.6. The van der Waals surface area contributed by atoms with Gasteiger partial charge in [0.05, 0.1) is 26.7 Å². The van der Waals surface area contributed by atoms with Crippen LogP contribution < -0.4 is 0 Å². The lowest BCUT2D eigenvalue weighted by molar-refractivity contribution is -0.148. The number of nitrogens with zero attached hydrogens (tertiary/aromatic N) is 3. The summed E-state index contributed by atoms with van der Waals surface area (Å²) in [6, 6.07) is 5.27. The number of methoxy groups -OCH3 is 1. The Morgan fingerprint density at radius 3 is 2.50 bits per heavy atom. The maximum atomic E-state index is 14.7. The molecule has 13 heteroatoms. The van der Waals surface area contributed by atoms with Gasteiger partial charge in [-0.05, 0) is 25.0 Å². The second-order valence-corrected chi connectivity index (χ2v) is 10.6. The lowest BCUT2D eigenvalue weighted by Gasteiger charge is -2.38. The highest BCUT2D eigenvalue weighted by Gasteiger charge is 2.36. The Kier molecular flexibility index (Phi) is 15.8. The third kappa shape index (κ3) is 10.0. The Balaban J connectivity index is 0.00000400. The lowest BCUT2D eigenvalue weighted by Crippen LogP contribution is -2.51. The first-order valence-electron chi connectivity index (χ1n) is 12.8. The largest absolute Gasteiger partial charge is 0.468 e. The minimum absolute atomic E-state index is 0. The van der Waals surface area contributed by atoms with Gasteiger partial charge in [0.15, 0.2) is 5.12 Å². The van der Waals surface area contributed by atoms with Crippen LogP contribution in [0.4, 0.5) is 4.39 Å². The van der Waals surface area contributed by atoms with Crippen LogP contribution in [-0.4, -0.2) is 102 Å². The smallest absolute Gasteiger partial charge is 0.327 e. The molecule has 0 N–H and O–H groups in total. The number of amides is 1. The molecule has 0 aromatic heterocycles. The summed E-state index contributed by atoms with van der Waals surface area (Å²) in [6.45, 7) is 6.67. The predicted octanol–water partition coefficient (Wildman–Crippen LogP) is 3.26. The van der Waals surface area contributed by atoms with Crippen LogP contribution in [0.15, 0.2) is 35.9 Å². The number of carbonyl (C=O) groups excluding carboxylic acids is 4. The monoisotopic (exact) mass is 621 g/mol. The zero-order chi connectivity index (χ0) is 27.7. The van der Waals surface area contributed by atoms with E-state index in [9.17, 15) is 23.6 Å². The number of ether oxygens (including phenoxy) is 2. The zero-order valence-corrected chi connectivity index (χ0v) is 25.5. The van der Waals surface area contributed by atoms with Crippen LogP contribution in [0.2, 0.25) is 0 Å². The first-order chi connectivity index (χ1) is 18.2. The minimum Gasteiger partial charge on any atom is -0.468 e. The fourth-order valence-corrected chi connectivity index (χ4v) is 5.72. The zero-order valence-electron chi connectivity index (χ0n) is 23.0. The van der Waals surface area contributed by atoms with Crippen LogP contribution in [0, 0.1) is 5.82 Å². The molecule has 2 saturated heterocycles. The van der Waals surface area contributed by atoms with Crippen LogP contribution >= 0.6 is 36.6 Å². The van der Waals surface area contributed by atoms with Crippen LogP contribution in [-0.2, 0) is 28.7 Å². The summed E-state index contributed by atoms with van der Waals surface area (Å²) in [5, 5.41) is -0.0670. The second-order valence-electron chi connectivity index (χ2n) is 9.25. The molecular formula is C27H38Cl2FN3O6S. The van der Waals surface area contributed by atoms with Crippen molar-refractivity contribution in [3.05, 3.63) is 47.3 Å². The van der Waals surface area contributed by atoms with Crippen LogP contribution in [0.5, 0.6) is 0 Å². The van der Waals surface area contributed by atoms with Gasteiger partial charge in [0.2, 0.25) is 5.91 Å². The van der Waals surface area contributed by atoms with Crippen molar-refractivity contribution in [3.8, 4) is 0 Å². The number of carbonyl (C=O) groups is 4. The number of piperidine rings is 1. The molecule has 0 spiro atoms. The van der Waals surface area contributed by atoms with Gasteiger partial charge in [0.25, 0.3) is 0 Å². The summed E-state index contributed by atoms with van der Waals surface area (Å²) >= 11 is 1.25. The molecule has 224 valence electrons. The minimum atomic E-state index is -0.905. The Morgan fingerprint density at radius 1 is 1.15 bits per heavy atom. The van der Waals surface area contributed by atoms with Gasteiger partial charge >= 0.3 is 11.9 Å². The molecule has 0 radical (unpaired) electrons. The van der Waals surface area contributed by atoms with E-state index in [0.717, 1.165) is 5.57 Å². The topological polar surface area (TPSA) is 96.5 Å². The van der Waals surface area contributed by atoms with Crippen LogP contribution in [0.3, 0.4) is 0 Å². The molecule has 2 fully saturated rings. The van der Waals surface area contributed by atoms with Gasteiger partial charge in [-0.25, -0.2) is 9.18 Å². The standard InChI is InChI=1S/C27H36FN3O6S.2ClH/c1-4-37-25(34)11-14-30-16-15-29(18-24(30)33)12-9-20-17-31(13-10-23(20)38-19(2)32)26(27(35)36-3)21-7-5-6-8-22(21)28;;/h5-9,23,26H,4,10-18H2,1-3H3;2*1H. The van der Waals surface area contributed by atoms with Crippen molar-refractivity contribution in [2.45, 2.75) is 38.0 Å². The number of hydrogen-bond acceptors (Lipinski definition) is 9. The van der Waals surface area contributed by atoms with E-state index in [-0.39, 0.29) is 65.6 Å². The number of rotatable bonds is 10. The van der Waals surface area contributed by atoms with E-state index in [1.54, 1.807) is 30.0 Å². The average molecular weight is 623 g/mol. The molecule has 1 aromatic rings. The molecule has 3 rings (SSSR count). The maximum Gasteiger partial charge on any atom is 0.327 e. The number of thioether (sulfide) groups is 1. The molecule has 40 heavy (non-hydrogen) atoms. The van der Waals surface area contributed by atoms with Gasteiger partial charge in [0.1, 0.15) is 11.9 Å². The predicted molar refractivity (Wildman–Crippen MR) is 156 cm³/mol. The molecule has 0 saturated carbocycles. The van der Waals surface area contributed by atoms with E-state index < -0.39 is 17.8 Å². The third-order valence-electron chi connectivity index (χ3n) is 6.68. The SMILES string of the molecule is CCOC(=O)CCN1CCN(CC=C2CN(C(C(=O)OC)c3ccccc3F)CCC2SC(C)=O)CC1=O.Cl.Cl. The van der Waals surface area contributed by atoms with E-state index >= 15 is 0 Å². The quantitative estimate of drug-likeness (QED) is 0.288. The number of likely N-dealkylation sites (tertiary alicyclic amines) is 1. The van der Waals surface area contributed by atoms with Crippen molar-refractivity contribution >= 4 is 59.5 Å². The summed E-state index contributed by atoms with van der Waals surface area (Å²) in [5.41, 5.74) is 1.21. The molecule has 2 aliphatic heterocycles. The highest BCUT2D eigenvalue weighted by Crippen LogP contribution is 2.34. The molecule has 0 aliphatic carbocycles. The van der Waals surface area contributed by atoms with Gasteiger partial charge in [-0.15, -0.1) is 24.8 Å². The van der Waals surface area contributed by atoms with E-state index in [2.05, 4.69) is 0 Å². The molecular weight excluding hydrogens is 584 g/mol. The summed E-state index contributed by atoms with van der Waals surface area (Å²) < 4.78 is 24.6. The Labute approximate surface area is 251 Å². The van der Waals surface area contributed by atoms with Crippen molar-refractivity contribution in [1.82, 2.24) is 14.7 Å². The Bertz CT molecular complexity index is 1060. The number of benzene rings is 1. The van der Waals surface area contributed by atoms with Gasteiger partial charge in [-0.1, -0.05) is 36.0 Å². The third-order valence-corrected chi connectivity index (χ3v) is 7.83. The number of hydrogen-bond donors (Lipinski definition) is 0. The summed E-state index contributed by atoms with van der Waals surface area (Å²) in [7, 11) is 1.29. The highest BCUT2D eigenvalue weighted by molar-refractivity contribution is 8.14. The maximum absolute atomic E-state index is 14.7. The van der Waals surface area contributed by atoms with E-state index in [0.29, 0.717) is 52.3 Å². The van der Waals surface area contributed by atoms with Crippen molar-refractivity contribution in [2.75, 3.05) is 59.5 Å². The average Bonchev–Trinajstić information content (AvgIpc) is 2.89. The van der Waals surface area contributed by atoms with E-state index in [4.69, 9.17) is 9.47 Å².